The largest absolute Gasteiger partial charge is 0.507 e. The van der Waals surface area contributed by atoms with Crippen LogP contribution in [0, 0.1) is 0 Å². The zero-order valence-electron chi connectivity index (χ0n) is 6.56. The molecule has 0 saturated carbocycles. The van der Waals surface area contributed by atoms with Crippen LogP contribution in [0.25, 0.3) is 0 Å². The zero-order chi connectivity index (χ0) is 8.97. The molecule has 2 N–H and O–H groups in total. The van der Waals surface area contributed by atoms with Crippen LogP contribution < -0.4 is 0 Å². The van der Waals surface area contributed by atoms with Gasteiger partial charge < -0.3 is 15.1 Å². The minimum atomic E-state index is -0.0317. The van der Waals surface area contributed by atoms with Gasteiger partial charge in [0.2, 0.25) is 0 Å². The second-order valence-electron chi connectivity index (χ2n) is 2.13. The molecule has 4 heteroatoms. The van der Waals surface area contributed by atoms with E-state index >= 15 is 0 Å². The molecule has 64 valence electrons. The molecule has 0 unspecified atom stereocenters. The van der Waals surface area contributed by atoms with Crippen LogP contribution in [0.5, 0.6) is 11.5 Å². The first-order valence-corrected chi connectivity index (χ1v) is 3.33. The van der Waals surface area contributed by atoms with Crippen LogP contribution in [0.15, 0.2) is 23.4 Å². The van der Waals surface area contributed by atoms with E-state index in [4.69, 9.17) is 0 Å². The van der Waals surface area contributed by atoms with Gasteiger partial charge in [-0.15, -0.1) is 0 Å². The first-order chi connectivity index (χ1) is 5.75. The molecular weight excluding hydrogens is 158 g/mol. The fourth-order valence-electron chi connectivity index (χ4n) is 0.779. The second kappa shape index (κ2) is 3.61. The third kappa shape index (κ3) is 1.66. The number of benzene rings is 1. The predicted molar refractivity (Wildman–Crippen MR) is 44.4 cm³/mol. The molecule has 0 heterocycles. The van der Waals surface area contributed by atoms with Crippen molar-refractivity contribution >= 4 is 6.21 Å². The summed E-state index contributed by atoms with van der Waals surface area (Å²) in [6.07, 6.45) is 1.24. The Balaban J connectivity index is 3.04. The number of aromatic hydroxyl groups is 2. The van der Waals surface area contributed by atoms with Crippen molar-refractivity contribution in [3.63, 3.8) is 0 Å². The number of oxime groups is 1. The van der Waals surface area contributed by atoms with E-state index in [1.54, 1.807) is 0 Å². The van der Waals surface area contributed by atoms with Crippen molar-refractivity contribution in [2.45, 2.75) is 0 Å². The summed E-state index contributed by atoms with van der Waals surface area (Å²) in [5.74, 6) is -0.0633. The maximum Gasteiger partial charge on any atom is 0.128 e. The van der Waals surface area contributed by atoms with Crippen molar-refractivity contribution in [2.24, 2.45) is 5.16 Å². The Morgan fingerprint density at radius 2 is 1.92 bits per heavy atom. The average molecular weight is 167 g/mol. The summed E-state index contributed by atoms with van der Waals surface area (Å²) in [5.41, 5.74) is 0.249. The highest BCUT2D eigenvalue weighted by atomic mass is 16.6. The Morgan fingerprint density at radius 1 is 1.33 bits per heavy atom. The molecule has 0 aromatic heterocycles. The van der Waals surface area contributed by atoms with Gasteiger partial charge in [-0.05, 0) is 12.1 Å². The lowest BCUT2D eigenvalue weighted by Crippen LogP contribution is -1.84. The summed E-state index contributed by atoms with van der Waals surface area (Å²) >= 11 is 0. The first-order valence-electron chi connectivity index (χ1n) is 3.33. The first kappa shape index (κ1) is 8.39. The Hall–Kier alpha value is -1.71. The fourth-order valence-corrected chi connectivity index (χ4v) is 0.779. The average Bonchev–Trinajstić information content (AvgIpc) is 2.04. The SMILES string of the molecule is CO/N=C/c1c(O)cccc1O. The lowest BCUT2D eigenvalue weighted by atomic mass is 10.2. The summed E-state index contributed by atoms with van der Waals surface area (Å²) in [6, 6.07) is 4.45. The van der Waals surface area contributed by atoms with Gasteiger partial charge >= 0.3 is 0 Å². The van der Waals surface area contributed by atoms with E-state index in [-0.39, 0.29) is 17.1 Å². The van der Waals surface area contributed by atoms with Crippen molar-refractivity contribution in [3.8, 4) is 11.5 Å². The van der Waals surface area contributed by atoms with Gasteiger partial charge in [-0.1, -0.05) is 11.2 Å². The lowest BCUT2D eigenvalue weighted by molar-refractivity contribution is 0.215. The molecule has 1 rings (SSSR count). The third-order valence-corrected chi connectivity index (χ3v) is 1.35. The molecule has 0 aliphatic rings. The van der Waals surface area contributed by atoms with Crippen LogP contribution >= 0.6 is 0 Å². The summed E-state index contributed by atoms with van der Waals surface area (Å²) in [5, 5.41) is 21.8. The van der Waals surface area contributed by atoms with Crippen LogP contribution in [0.2, 0.25) is 0 Å². The van der Waals surface area contributed by atoms with E-state index in [0.29, 0.717) is 0 Å². The summed E-state index contributed by atoms with van der Waals surface area (Å²) in [4.78, 5) is 4.40. The predicted octanol–water partition coefficient (Wildman–Crippen LogP) is 1.08. The summed E-state index contributed by atoms with van der Waals surface area (Å²) < 4.78 is 0. The molecule has 0 radical (unpaired) electrons. The lowest BCUT2D eigenvalue weighted by Gasteiger charge is -1.99. The molecule has 1 aromatic carbocycles. The molecule has 0 aliphatic heterocycles. The standard InChI is InChI=1S/C8H9NO3/c1-12-9-5-6-7(10)3-2-4-8(6)11/h2-5,10-11H,1H3/b9-5+. The minimum absolute atomic E-state index is 0.0317. The quantitative estimate of drug-likeness (QED) is 0.511. The van der Waals surface area contributed by atoms with Crippen LogP contribution in [0.3, 0.4) is 0 Å². The Bertz CT molecular complexity index is 276. The van der Waals surface area contributed by atoms with Crippen molar-refractivity contribution < 1.29 is 15.1 Å². The molecule has 12 heavy (non-hydrogen) atoms. The monoisotopic (exact) mass is 167 g/mol. The normalized spacial score (nSPS) is 10.4. The highest BCUT2D eigenvalue weighted by Gasteiger charge is 2.02. The van der Waals surface area contributed by atoms with Crippen LogP contribution in [0.1, 0.15) is 5.56 Å². The van der Waals surface area contributed by atoms with Crippen molar-refractivity contribution in [1.29, 1.82) is 0 Å². The van der Waals surface area contributed by atoms with E-state index in [2.05, 4.69) is 9.99 Å². The molecular formula is C8H9NO3. The van der Waals surface area contributed by atoms with Gasteiger partial charge in [0.25, 0.3) is 0 Å². The Labute approximate surface area is 69.7 Å². The molecule has 0 aliphatic carbocycles. The molecule has 0 spiro atoms. The van der Waals surface area contributed by atoms with Crippen molar-refractivity contribution in [2.75, 3.05) is 7.11 Å². The molecule has 0 amide bonds. The zero-order valence-corrected chi connectivity index (χ0v) is 6.56. The fraction of sp³-hybridized carbons (Fsp3) is 0.125. The molecule has 0 bridgehead atoms. The van der Waals surface area contributed by atoms with Gasteiger partial charge in [0.15, 0.2) is 0 Å². The Morgan fingerprint density at radius 3 is 2.42 bits per heavy atom. The highest BCUT2D eigenvalue weighted by molar-refractivity contribution is 5.86. The number of phenolic OH excluding ortho intramolecular Hbond substituents is 2. The van der Waals surface area contributed by atoms with Gasteiger partial charge in [-0.3, -0.25) is 0 Å². The van der Waals surface area contributed by atoms with E-state index in [0.717, 1.165) is 0 Å². The Kier molecular flexibility index (Phi) is 2.53. The minimum Gasteiger partial charge on any atom is -0.507 e. The number of phenols is 2. The van der Waals surface area contributed by atoms with E-state index < -0.39 is 0 Å². The topological polar surface area (TPSA) is 62.0 Å². The molecule has 0 fully saturated rings. The van der Waals surface area contributed by atoms with Crippen molar-refractivity contribution in [3.05, 3.63) is 23.8 Å². The van der Waals surface area contributed by atoms with Crippen LogP contribution in [-0.2, 0) is 4.84 Å². The van der Waals surface area contributed by atoms with Gasteiger partial charge in [0.05, 0.1) is 11.8 Å². The number of hydrogen-bond acceptors (Lipinski definition) is 4. The molecule has 1 aromatic rings. The van der Waals surface area contributed by atoms with Crippen molar-refractivity contribution in [1.82, 2.24) is 0 Å². The van der Waals surface area contributed by atoms with Gasteiger partial charge in [0, 0.05) is 0 Å². The number of nitrogens with zero attached hydrogens (tertiary/aromatic N) is 1. The maximum atomic E-state index is 9.21. The highest BCUT2D eigenvalue weighted by Crippen LogP contribution is 2.23. The number of hydrogen-bond donors (Lipinski definition) is 2. The van der Waals surface area contributed by atoms with Gasteiger partial charge in [-0.2, -0.15) is 0 Å². The van der Waals surface area contributed by atoms with Gasteiger partial charge in [0.1, 0.15) is 18.6 Å². The maximum absolute atomic E-state index is 9.21. The summed E-state index contributed by atoms with van der Waals surface area (Å²) in [7, 11) is 1.38. The van der Waals surface area contributed by atoms with E-state index in [1.807, 2.05) is 0 Å². The van der Waals surface area contributed by atoms with E-state index in [1.165, 1.54) is 31.5 Å². The van der Waals surface area contributed by atoms with E-state index in [9.17, 15) is 10.2 Å². The van der Waals surface area contributed by atoms with Gasteiger partial charge in [-0.25, -0.2) is 0 Å². The molecule has 0 atom stereocenters. The second-order valence-corrected chi connectivity index (χ2v) is 2.13. The molecule has 0 saturated heterocycles. The van der Waals surface area contributed by atoms with Crippen LogP contribution in [-0.4, -0.2) is 23.5 Å². The third-order valence-electron chi connectivity index (χ3n) is 1.35. The summed E-state index contributed by atoms with van der Waals surface area (Å²) in [6.45, 7) is 0. The van der Waals surface area contributed by atoms with Crippen LogP contribution in [0.4, 0.5) is 0 Å². The smallest absolute Gasteiger partial charge is 0.128 e. The number of rotatable bonds is 2. The molecule has 4 nitrogen and oxygen atoms in total.